The summed E-state index contributed by atoms with van der Waals surface area (Å²) in [6.07, 6.45) is 4.78. The average Bonchev–Trinajstić information content (AvgIpc) is 2.82. The Morgan fingerprint density at radius 2 is 1.91 bits per heavy atom. The SMILES string of the molecule is COC(=O)[C@@H]1[C@@H]2[C@H](CN1C(=O)OC(C)(C)C)[C@H]1C[C@@H]2C2(CC2)C1. The van der Waals surface area contributed by atoms with Gasteiger partial charge in [-0.15, -0.1) is 0 Å². The fourth-order valence-electron chi connectivity index (χ4n) is 5.76. The van der Waals surface area contributed by atoms with Crippen LogP contribution in [0.15, 0.2) is 0 Å². The van der Waals surface area contributed by atoms with Crippen molar-refractivity contribution in [3.8, 4) is 0 Å². The molecule has 0 radical (unpaired) electrons. The Morgan fingerprint density at radius 3 is 2.48 bits per heavy atom. The van der Waals surface area contributed by atoms with Crippen molar-refractivity contribution in [3.63, 3.8) is 0 Å². The lowest BCUT2D eigenvalue weighted by Gasteiger charge is -2.34. The second kappa shape index (κ2) is 4.64. The summed E-state index contributed by atoms with van der Waals surface area (Å²) in [6, 6.07) is -0.451. The molecular weight excluding hydrogens is 294 g/mol. The fourth-order valence-corrected chi connectivity index (χ4v) is 5.76. The van der Waals surface area contributed by atoms with Gasteiger partial charge in [0.1, 0.15) is 11.6 Å². The van der Waals surface area contributed by atoms with Gasteiger partial charge in [-0.3, -0.25) is 4.90 Å². The summed E-state index contributed by atoms with van der Waals surface area (Å²) in [7, 11) is 1.42. The van der Waals surface area contributed by atoms with Gasteiger partial charge in [0.15, 0.2) is 0 Å². The number of fused-ring (bicyclic) bond motifs is 6. The maximum Gasteiger partial charge on any atom is 0.411 e. The number of hydrogen-bond donors (Lipinski definition) is 0. The second-order valence-electron chi connectivity index (χ2n) is 9.01. The maximum absolute atomic E-state index is 12.6. The van der Waals surface area contributed by atoms with Crippen molar-refractivity contribution < 1.29 is 19.1 Å². The van der Waals surface area contributed by atoms with E-state index in [1.165, 1.54) is 32.8 Å². The molecule has 4 rings (SSSR count). The molecule has 128 valence electrons. The standard InChI is InChI=1S/C18H27NO4/c1-17(2,3)23-16(21)19-9-11-10-7-12(18(8-10)5-6-18)13(11)14(19)15(20)22-4/h10-14H,5-9H2,1-4H3/t10-,11+,12-,13+,14-/m0/s1. The summed E-state index contributed by atoms with van der Waals surface area (Å²) in [5, 5.41) is 0. The van der Waals surface area contributed by atoms with E-state index in [0.717, 1.165) is 0 Å². The third kappa shape index (κ3) is 2.18. The molecule has 0 aromatic carbocycles. The van der Waals surface area contributed by atoms with Crippen LogP contribution >= 0.6 is 0 Å². The van der Waals surface area contributed by atoms with E-state index in [4.69, 9.17) is 9.47 Å². The van der Waals surface area contributed by atoms with Crippen LogP contribution in [0.5, 0.6) is 0 Å². The Labute approximate surface area is 137 Å². The summed E-state index contributed by atoms with van der Waals surface area (Å²) in [6.45, 7) is 6.23. The highest BCUT2D eigenvalue weighted by atomic mass is 16.6. The van der Waals surface area contributed by atoms with E-state index in [0.29, 0.717) is 29.7 Å². The van der Waals surface area contributed by atoms with Crippen LogP contribution in [0.1, 0.15) is 46.5 Å². The van der Waals surface area contributed by atoms with E-state index < -0.39 is 11.6 Å². The van der Waals surface area contributed by atoms with Crippen molar-refractivity contribution >= 4 is 12.1 Å². The Kier molecular flexibility index (Phi) is 3.08. The number of esters is 1. The summed E-state index contributed by atoms with van der Waals surface area (Å²) in [4.78, 5) is 26.8. The zero-order valence-corrected chi connectivity index (χ0v) is 14.5. The predicted molar refractivity (Wildman–Crippen MR) is 83.6 cm³/mol. The third-order valence-electron chi connectivity index (χ3n) is 6.65. The number of methoxy groups -OCH3 is 1. The highest BCUT2D eigenvalue weighted by Gasteiger charge is 2.70. The molecule has 4 fully saturated rings. The minimum absolute atomic E-state index is 0.272. The molecule has 3 saturated carbocycles. The largest absolute Gasteiger partial charge is 0.467 e. The molecule has 1 aliphatic heterocycles. The van der Waals surface area contributed by atoms with Gasteiger partial charge in [-0.2, -0.15) is 0 Å². The molecule has 5 heteroatoms. The van der Waals surface area contributed by atoms with Crippen molar-refractivity contribution in [3.05, 3.63) is 0 Å². The molecule has 1 saturated heterocycles. The summed E-state index contributed by atoms with van der Waals surface area (Å²) in [5.74, 6) is 1.71. The molecule has 5 atom stereocenters. The molecule has 5 nitrogen and oxygen atoms in total. The Hall–Kier alpha value is -1.26. The van der Waals surface area contributed by atoms with Gasteiger partial charge in [0.05, 0.1) is 7.11 Å². The zero-order valence-electron chi connectivity index (χ0n) is 14.5. The number of carbonyl (C=O) groups excluding carboxylic acids is 2. The lowest BCUT2D eigenvalue weighted by molar-refractivity contribution is -0.148. The lowest BCUT2D eigenvalue weighted by atomic mass is 9.71. The Morgan fingerprint density at radius 1 is 1.22 bits per heavy atom. The van der Waals surface area contributed by atoms with Crippen molar-refractivity contribution in [2.24, 2.45) is 29.1 Å². The molecule has 1 spiro atoms. The van der Waals surface area contributed by atoms with E-state index in [1.54, 1.807) is 4.90 Å². The molecule has 23 heavy (non-hydrogen) atoms. The number of rotatable bonds is 1. The molecule has 0 aromatic rings. The van der Waals surface area contributed by atoms with Crippen molar-refractivity contribution in [2.75, 3.05) is 13.7 Å². The van der Waals surface area contributed by atoms with Crippen LogP contribution in [-0.2, 0) is 14.3 Å². The van der Waals surface area contributed by atoms with Crippen molar-refractivity contribution in [1.82, 2.24) is 4.90 Å². The second-order valence-corrected chi connectivity index (χ2v) is 9.01. The first-order chi connectivity index (χ1) is 10.8. The Balaban J connectivity index is 1.61. The minimum atomic E-state index is -0.549. The monoisotopic (exact) mass is 321 g/mol. The number of ether oxygens (including phenoxy) is 2. The van der Waals surface area contributed by atoms with E-state index in [9.17, 15) is 9.59 Å². The molecular formula is C18H27NO4. The van der Waals surface area contributed by atoms with E-state index in [1.807, 2.05) is 20.8 Å². The smallest absolute Gasteiger partial charge is 0.411 e. The average molecular weight is 321 g/mol. The predicted octanol–water partition coefficient (Wildman–Crippen LogP) is 2.83. The van der Waals surface area contributed by atoms with Crippen LogP contribution in [0.3, 0.4) is 0 Å². The molecule has 1 heterocycles. The quantitative estimate of drug-likeness (QED) is 0.697. The normalized spacial score (nSPS) is 39.5. The topological polar surface area (TPSA) is 55.8 Å². The minimum Gasteiger partial charge on any atom is -0.467 e. The summed E-state index contributed by atoms with van der Waals surface area (Å²) < 4.78 is 10.6. The molecule has 4 aliphatic rings. The molecule has 1 amide bonds. The van der Waals surface area contributed by atoms with Crippen LogP contribution in [0.25, 0.3) is 0 Å². The van der Waals surface area contributed by atoms with E-state index >= 15 is 0 Å². The molecule has 2 bridgehead atoms. The first-order valence-corrected chi connectivity index (χ1v) is 8.83. The highest BCUT2D eigenvalue weighted by Crippen LogP contribution is 2.73. The molecule has 0 N–H and O–H groups in total. The summed E-state index contributed by atoms with van der Waals surface area (Å²) in [5.41, 5.74) is -0.0613. The third-order valence-corrected chi connectivity index (χ3v) is 6.65. The molecule has 3 aliphatic carbocycles. The van der Waals surface area contributed by atoms with Crippen LogP contribution in [0, 0.1) is 29.1 Å². The lowest BCUT2D eigenvalue weighted by Crippen LogP contribution is -2.47. The van der Waals surface area contributed by atoms with Gasteiger partial charge >= 0.3 is 12.1 Å². The van der Waals surface area contributed by atoms with Gasteiger partial charge < -0.3 is 9.47 Å². The van der Waals surface area contributed by atoms with E-state index in [-0.39, 0.29) is 18.0 Å². The van der Waals surface area contributed by atoms with Crippen molar-refractivity contribution in [2.45, 2.75) is 58.1 Å². The van der Waals surface area contributed by atoms with Gasteiger partial charge in [0, 0.05) is 6.54 Å². The number of hydrogen-bond acceptors (Lipinski definition) is 4. The van der Waals surface area contributed by atoms with Gasteiger partial charge in [0.25, 0.3) is 0 Å². The van der Waals surface area contributed by atoms with Crippen molar-refractivity contribution in [1.29, 1.82) is 0 Å². The van der Waals surface area contributed by atoms with Gasteiger partial charge in [-0.05, 0) is 75.5 Å². The molecule has 0 unspecified atom stereocenters. The number of nitrogens with zero attached hydrogens (tertiary/aromatic N) is 1. The molecule has 0 aromatic heterocycles. The Bertz CT molecular complexity index is 548. The van der Waals surface area contributed by atoms with Crippen LogP contribution in [0.2, 0.25) is 0 Å². The van der Waals surface area contributed by atoms with Gasteiger partial charge in [-0.25, -0.2) is 9.59 Å². The number of likely N-dealkylation sites (tertiary alicyclic amines) is 1. The zero-order chi connectivity index (χ0) is 16.6. The first-order valence-electron chi connectivity index (χ1n) is 8.83. The van der Waals surface area contributed by atoms with Gasteiger partial charge in [0.2, 0.25) is 0 Å². The van der Waals surface area contributed by atoms with Crippen LogP contribution in [0.4, 0.5) is 4.79 Å². The van der Waals surface area contributed by atoms with E-state index in [2.05, 4.69) is 0 Å². The van der Waals surface area contributed by atoms with Crippen LogP contribution in [-0.4, -0.2) is 42.3 Å². The van der Waals surface area contributed by atoms with Gasteiger partial charge in [-0.1, -0.05) is 0 Å². The fraction of sp³-hybridized carbons (Fsp3) is 0.889. The number of carbonyl (C=O) groups is 2. The van der Waals surface area contributed by atoms with Crippen LogP contribution < -0.4 is 0 Å². The highest BCUT2D eigenvalue weighted by molar-refractivity contribution is 5.83. The first kappa shape index (κ1) is 15.3. The number of amides is 1. The summed E-state index contributed by atoms with van der Waals surface area (Å²) >= 11 is 0. The maximum atomic E-state index is 12.6.